The number of likely N-dealkylation sites (N-methyl/N-ethyl adjacent to an activating group) is 1. The Morgan fingerprint density at radius 3 is 2.63 bits per heavy atom. The van der Waals surface area contributed by atoms with E-state index in [4.69, 9.17) is 11.6 Å². The molecule has 1 unspecified atom stereocenters. The molecule has 1 heterocycles. The molecule has 2 nitrogen and oxygen atoms in total. The Bertz CT molecular complexity index is 511. The van der Waals surface area contributed by atoms with E-state index >= 15 is 0 Å². The molecular weight excluding hydrogens is 263 g/mol. The van der Waals surface area contributed by atoms with E-state index < -0.39 is 0 Å². The van der Waals surface area contributed by atoms with Crippen LogP contribution in [0.5, 0.6) is 0 Å². The molecule has 0 amide bonds. The summed E-state index contributed by atoms with van der Waals surface area (Å²) in [5.41, 5.74) is 1.63. The fourth-order valence-corrected chi connectivity index (χ4v) is 2.42. The highest BCUT2D eigenvalue weighted by atomic mass is 35.5. The van der Waals surface area contributed by atoms with E-state index in [1.54, 1.807) is 24.5 Å². The zero-order valence-electron chi connectivity index (χ0n) is 10.7. The SMILES string of the molecule is CCNC(Cc1ccncc1)c1c(F)cccc1Cl. The van der Waals surface area contributed by atoms with E-state index in [1.807, 2.05) is 19.1 Å². The second-order valence-electron chi connectivity index (χ2n) is 4.31. The number of hydrogen-bond acceptors (Lipinski definition) is 2. The van der Waals surface area contributed by atoms with Gasteiger partial charge in [0.1, 0.15) is 5.82 Å². The molecule has 1 N–H and O–H groups in total. The van der Waals surface area contributed by atoms with Crippen LogP contribution < -0.4 is 5.32 Å². The zero-order valence-corrected chi connectivity index (χ0v) is 11.5. The van der Waals surface area contributed by atoms with Crippen molar-refractivity contribution in [3.05, 3.63) is 64.7 Å². The van der Waals surface area contributed by atoms with Crippen molar-refractivity contribution in [1.29, 1.82) is 0 Å². The number of rotatable bonds is 5. The number of nitrogens with one attached hydrogen (secondary N) is 1. The van der Waals surface area contributed by atoms with Crippen LogP contribution >= 0.6 is 11.6 Å². The van der Waals surface area contributed by atoms with Crippen LogP contribution in [0.15, 0.2) is 42.7 Å². The van der Waals surface area contributed by atoms with E-state index in [2.05, 4.69) is 10.3 Å². The maximum absolute atomic E-state index is 14.0. The van der Waals surface area contributed by atoms with Crippen LogP contribution in [-0.4, -0.2) is 11.5 Å². The van der Waals surface area contributed by atoms with Crippen LogP contribution in [-0.2, 0) is 6.42 Å². The van der Waals surface area contributed by atoms with Gasteiger partial charge in [-0.2, -0.15) is 0 Å². The minimum absolute atomic E-state index is 0.138. The number of hydrogen-bond donors (Lipinski definition) is 1. The molecule has 0 fully saturated rings. The first-order valence-electron chi connectivity index (χ1n) is 6.28. The molecule has 0 aliphatic heterocycles. The lowest BCUT2D eigenvalue weighted by Gasteiger charge is -2.20. The van der Waals surface area contributed by atoms with Gasteiger partial charge in [-0.3, -0.25) is 4.98 Å². The number of halogens is 2. The van der Waals surface area contributed by atoms with Crippen LogP contribution in [0.1, 0.15) is 24.1 Å². The maximum atomic E-state index is 14.0. The number of benzene rings is 1. The molecule has 0 spiro atoms. The molecule has 0 bridgehead atoms. The van der Waals surface area contributed by atoms with Crippen molar-refractivity contribution >= 4 is 11.6 Å². The van der Waals surface area contributed by atoms with Crippen LogP contribution in [0.4, 0.5) is 4.39 Å². The van der Waals surface area contributed by atoms with Gasteiger partial charge < -0.3 is 5.32 Å². The molecule has 0 aliphatic carbocycles. The first-order chi connectivity index (χ1) is 9.22. The fourth-order valence-electron chi connectivity index (χ4n) is 2.12. The molecule has 1 aromatic carbocycles. The fraction of sp³-hybridized carbons (Fsp3) is 0.267. The number of pyridine rings is 1. The number of nitrogens with zero attached hydrogens (tertiary/aromatic N) is 1. The Labute approximate surface area is 117 Å². The normalized spacial score (nSPS) is 12.4. The van der Waals surface area contributed by atoms with Crippen molar-refractivity contribution in [2.75, 3.05) is 6.54 Å². The Hall–Kier alpha value is -1.45. The third-order valence-electron chi connectivity index (χ3n) is 2.99. The van der Waals surface area contributed by atoms with Gasteiger partial charge in [0.25, 0.3) is 0 Å². The maximum Gasteiger partial charge on any atom is 0.129 e. The summed E-state index contributed by atoms with van der Waals surface area (Å²) in [4.78, 5) is 3.99. The molecule has 19 heavy (non-hydrogen) atoms. The van der Waals surface area contributed by atoms with Gasteiger partial charge in [0, 0.05) is 29.0 Å². The Kier molecular flexibility index (Phi) is 4.88. The predicted octanol–water partition coefficient (Wildman–Crippen LogP) is 3.77. The third kappa shape index (κ3) is 3.52. The van der Waals surface area contributed by atoms with E-state index in [1.165, 1.54) is 6.07 Å². The first kappa shape index (κ1) is 14.0. The second-order valence-corrected chi connectivity index (χ2v) is 4.71. The monoisotopic (exact) mass is 278 g/mol. The molecule has 2 rings (SSSR count). The van der Waals surface area contributed by atoms with Crippen molar-refractivity contribution in [3.63, 3.8) is 0 Å². The average molecular weight is 279 g/mol. The molecule has 1 aromatic heterocycles. The van der Waals surface area contributed by atoms with E-state index in [0.717, 1.165) is 12.1 Å². The van der Waals surface area contributed by atoms with E-state index in [0.29, 0.717) is 17.0 Å². The van der Waals surface area contributed by atoms with Gasteiger partial charge >= 0.3 is 0 Å². The Morgan fingerprint density at radius 1 is 1.26 bits per heavy atom. The summed E-state index contributed by atoms with van der Waals surface area (Å²) in [6, 6.07) is 8.50. The molecule has 2 aromatic rings. The Balaban J connectivity index is 2.30. The highest BCUT2D eigenvalue weighted by molar-refractivity contribution is 6.31. The predicted molar refractivity (Wildman–Crippen MR) is 75.8 cm³/mol. The van der Waals surface area contributed by atoms with Gasteiger partial charge in [0.15, 0.2) is 0 Å². The van der Waals surface area contributed by atoms with Gasteiger partial charge in [-0.05, 0) is 42.8 Å². The molecule has 0 aliphatic rings. The minimum Gasteiger partial charge on any atom is -0.310 e. The van der Waals surface area contributed by atoms with Gasteiger partial charge in [-0.15, -0.1) is 0 Å². The molecule has 0 radical (unpaired) electrons. The zero-order chi connectivity index (χ0) is 13.7. The minimum atomic E-state index is -0.271. The summed E-state index contributed by atoms with van der Waals surface area (Å²) in [5.74, 6) is -0.271. The van der Waals surface area contributed by atoms with E-state index in [9.17, 15) is 4.39 Å². The van der Waals surface area contributed by atoms with Gasteiger partial charge in [-0.25, -0.2) is 4.39 Å². The van der Waals surface area contributed by atoms with Crippen molar-refractivity contribution in [2.24, 2.45) is 0 Å². The lowest BCUT2D eigenvalue weighted by molar-refractivity contribution is 0.510. The van der Waals surface area contributed by atoms with Crippen LogP contribution in [0.3, 0.4) is 0 Å². The Morgan fingerprint density at radius 2 is 2.00 bits per heavy atom. The van der Waals surface area contributed by atoms with Gasteiger partial charge in [0.05, 0.1) is 0 Å². The van der Waals surface area contributed by atoms with Gasteiger partial charge in [-0.1, -0.05) is 24.6 Å². The summed E-state index contributed by atoms with van der Waals surface area (Å²) in [6.07, 6.45) is 4.15. The third-order valence-corrected chi connectivity index (χ3v) is 3.32. The summed E-state index contributed by atoms with van der Waals surface area (Å²) in [5, 5.41) is 3.74. The van der Waals surface area contributed by atoms with Gasteiger partial charge in [0.2, 0.25) is 0 Å². The van der Waals surface area contributed by atoms with Crippen molar-refractivity contribution in [1.82, 2.24) is 10.3 Å². The molecule has 4 heteroatoms. The molecule has 100 valence electrons. The molecule has 1 atom stereocenters. The quantitative estimate of drug-likeness (QED) is 0.901. The summed E-state index contributed by atoms with van der Waals surface area (Å²) in [6.45, 7) is 2.74. The average Bonchev–Trinajstić information content (AvgIpc) is 2.40. The molecular formula is C15H16ClFN2. The van der Waals surface area contributed by atoms with Crippen LogP contribution in [0, 0.1) is 5.82 Å². The molecule has 0 saturated carbocycles. The largest absolute Gasteiger partial charge is 0.310 e. The van der Waals surface area contributed by atoms with Crippen LogP contribution in [0.2, 0.25) is 5.02 Å². The van der Waals surface area contributed by atoms with Crippen molar-refractivity contribution in [2.45, 2.75) is 19.4 Å². The van der Waals surface area contributed by atoms with Crippen molar-refractivity contribution in [3.8, 4) is 0 Å². The summed E-state index contributed by atoms with van der Waals surface area (Å²) < 4.78 is 14.0. The smallest absolute Gasteiger partial charge is 0.129 e. The first-order valence-corrected chi connectivity index (χ1v) is 6.66. The summed E-state index contributed by atoms with van der Waals surface area (Å²) >= 11 is 6.13. The highest BCUT2D eigenvalue weighted by Gasteiger charge is 2.18. The van der Waals surface area contributed by atoms with Crippen molar-refractivity contribution < 1.29 is 4.39 Å². The second kappa shape index (κ2) is 6.64. The molecule has 0 saturated heterocycles. The number of aromatic nitrogens is 1. The topological polar surface area (TPSA) is 24.9 Å². The highest BCUT2D eigenvalue weighted by Crippen LogP contribution is 2.28. The van der Waals surface area contributed by atoms with Crippen LogP contribution in [0.25, 0.3) is 0 Å². The summed E-state index contributed by atoms with van der Waals surface area (Å²) in [7, 11) is 0. The lowest BCUT2D eigenvalue weighted by atomic mass is 9.99. The standard InChI is InChI=1S/C15H16ClFN2/c1-2-19-14(10-11-6-8-18-9-7-11)15-12(16)4-3-5-13(15)17/h3-9,14,19H,2,10H2,1H3. The van der Waals surface area contributed by atoms with E-state index in [-0.39, 0.29) is 11.9 Å². The lowest BCUT2D eigenvalue weighted by Crippen LogP contribution is -2.24.